The number of hydrogen-bond donors (Lipinski definition) is 0. The van der Waals surface area contributed by atoms with Crippen molar-refractivity contribution in [3.8, 4) is 11.5 Å². The fourth-order valence-corrected chi connectivity index (χ4v) is 3.06. The first-order chi connectivity index (χ1) is 12.1. The van der Waals surface area contributed by atoms with E-state index in [1.165, 1.54) is 24.3 Å². The molecule has 2 aromatic carbocycles. The monoisotopic (exact) mass is 392 g/mol. The highest BCUT2D eigenvalue weighted by Crippen LogP contribution is 2.37. The Morgan fingerprint density at radius 2 is 1.50 bits per heavy atom. The molecule has 3 nitrogen and oxygen atoms in total. The van der Waals surface area contributed by atoms with Crippen LogP contribution in [0.3, 0.4) is 0 Å². The van der Waals surface area contributed by atoms with E-state index in [1.807, 2.05) is 24.3 Å². The van der Waals surface area contributed by atoms with E-state index in [0.717, 1.165) is 11.3 Å². The predicted molar refractivity (Wildman–Crippen MR) is 109 cm³/mol. The minimum Gasteiger partial charge on any atom is -0.544 e. The topological polar surface area (TPSA) is 27.7 Å². The van der Waals surface area contributed by atoms with Gasteiger partial charge in [0.1, 0.15) is 23.9 Å². The van der Waals surface area contributed by atoms with Crippen molar-refractivity contribution < 1.29 is 18.3 Å². The van der Waals surface area contributed by atoms with Gasteiger partial charge in [0.05, 0.1) is 0 Å². The molecular formula is C20H25FO3SSi. The van der Waals surface area contributed by atoms with Crippen molar-refractivity contribution >= 4 is 25.8 Å². The Morgan fingerprint density at radius 3 is 2.04 bits per heavy atom. The highest BCUT2D eigenvalue weighted by molar-refractivity contribution is 7.79. The molecule has 0 saturated heterocycles. The van der Waals surface area contributed by atoms with Gasteiger partial charge in [0.25, 0.3) is 0 Å². The molecule has 2 rings (SSSR count). The van der Waals surface area contributed by atoms with Gasteiger partial charge in [-0.3, -0.25) is 0 Å². The average Bonchev–Trinajstić information content (AvgIpc) is 2.55. The summed E-state index contributed by atoms with van der Waals surface area (Å²) in [7, 11) is -1.85. The molecule has 0 N–H and O–H groups in total. The summed E-state index contributed by atoms with van der Waals surface area (Å²) in [4.78, 5) is 0. The first-order valence-electron chi connectivity index (χ1n) is 8.45. The predicted octanol–water partition coefficient (Wildman–Crippen LogP) is 6.09. The van der Waals surface area contributed by atoms with Crippen LogP contribution in [0.1, 0.15) is 26.3 Å². The van der Waals surface area contributed by atoms with Crippen LogP contribution < -0.4 is 9.16 Å². The minimum atomic E-state index is -1.85. The van der Waals surface area contributed by atoms with Crippen LogP contribution in [-0.2, 0) is 11.3 Å². The van der Waals surface area contributed by atoms with E-state index in [-0.39, 0.29) is 16.1 Å². The van der Waals surface area contributed by atoms with Crippen LogP contribution in [0.4, 0.5) is 4.39 Å². The fraction of sp³-hybridized carbons (Fsp3) is 0.350. The molecule has 0 spiro atoms. The zero-order chi connectivity index (χ0) is 19.4. The van der Waals surface area contributed by atoms with Crippen LogP contribution in [-0.4, -0.2) is 13.6 Å². The van der Waals surface area contributed by atoms with Crippen LogP contribution >= 0.6 is 12.2 Å². The fourth-order valence-electron chi connectivity index (χ4n) is 1.87. The Labute approximate surface area is 161 Å². The van der Waals surface area contributed by atoms with Gasteiger partial charge in [-0.2, -0.15) is 0 Å². The SMILES string of the molecule is CC(C)(C)[Si](C)(C)Oc1ccc(COC(=S)Oc2ccc(F)cc2)cc1. The average molecular weight is 393 g/mol. The largest absolute Gasteiger partial charge is 0.544 e. The van der Waals surface area contributed by atoms with E-state index in [4.69, 9.17) is 26.1 Å². The van der Waals surface area contributed by atoms with Crippen molar-refractivity contribution in [2.75, 3.05) is 0 Å². The van der Waals surface area contributed by atoms with Crippen LogP contribution in [0.15, 0.2) is 48.5 Å². The van der Waals surface area contributed by atoms with E-state index >= 15 is 0 Å². The Balaban J connectivity index is 1.87. The van der Waals surface area contributed by atoms with Crippen LogP contribution in [0.2, 0.25) is 18.1 Å². The van der Waals surface area contributed by atoms with Gasteiger partial charge in [-0.25, -0.2) is 4.39 Å². The third-order valence-corrected chi connectivity index (χ3v) is 9.03. The lowest BCUT2D eigenvalue weighted by Gasteiger charge is -2.36. The van der Waals surface area contributed by atoms with E-state index in [2.05, 4.69) is 33.9 Å². The molecule has 0 aliphatic rings. The maximum absolute atomic E-state index is 12.9. The smallest absolute Gasteiger partial charge is 0.358 e. The van der Waals surface area contributed by atoms with Crippen LogP contribution in [0.5, 0.6) is 11.5 Å². The van der Waals surface area contributed by atoms with Gasteiger partial charge < -0.3 is 13.9 Å². The highest BCUT2D eigenvalue weighted by atomic mass is 32.1. The molecular weight excluding hydrogens is 367 g/mol. The normalized spacial score (nSPS) is 11.8. The van der Waals surface area contributed by atoms with Crippen molar-refractivity contribution in [3.05, 3.63) is 59.9 Å². The van der Waals surface area contributed by atoms with Gasteiger partial charge in [0.15, 0.2) is 0 Å². The second kappa shape index (κ2) is 8.18. The summed E-state index contributed by atoms with van der Waals surface area (Å²) >= 11 is 5.05. The first-order valence-corrected chi connectivity index (χ1v) is 11.8. The number of ether oxygens (including phenoxy) is 2. The molecule has 0 unspecified atom stereocenters. The van der Waals surface area contributed by atoms with Crippen molar-refractivity contribution in [1.29, 1.82) is 0 Å². The summed E-state index contributed by atoms with van der Waals surface area (Å²) in [5.74, 6) is 0.976. The van der Waals surface area contributed by atoms with Crippen molar-refractivity contribution in [3.63, 3.8) is 0 Å². The Bertz CT molecular complexity index is 737. The summed E-state index contributed by atoms with van der Waals surface area (Å²) in [5.41, 5.74) is 0.956. The molecule has 0 aromatic heterocycles. The summed E-state index contributed by atoms with van der Waals surface area (Å²) in [6.45, 7) is 11.4. The van der Waals surface area contributed by atoms with Crippen molar-refractivity contribution in [2.24, 2.45) is 0 Å². The van der Waals surface area contributed by atoms with E-state index in [1.54, 1.807) is 0 Å². The molecule has 0 amide bonds. The van der Waals surface area contributed by atoms with Crippen molar-refractivity contribution in [1.82, 2.24) is 0 Å². The summed E-state index contributed by atoms with van der Waals surface area (Å²) in [6, 6.07) is 13.4. The summed E-state index contributed by atoms with van der Waals surface area (Å²) < 4.78 is 29.9. The second-order valence-corrected chi connectivity index (χ2v) is 12.7. The third kappa shape index (κ3) is 5.81. The molecule has 0 aliphatic carbocycles. The van der Waals surface area contributed by atoms with Gasteiger partial charge >= 0.3 is 5.24 Å². The number of halogens is 1. The molecule has 6 heteroatoms. The third-order valence-electron chi connectivity index (χ3n) is 4.47. The second-order valence-electron chi connectivity index (χ2n) is 7.60. The molecule has 0 heterocycles. The van der Waals surface area contributed by atoms with Crippen LogP contribution in [0, 0.1) is 5.82 Å². The standard InChI is InChI=1S/C20H25FO3SSi/c1-20(2,3)26(4,5)24-18-10-6-15(7-11-18)14-22-19(25)23-17-12-8-16(21)9-13-17/h6-13H,14H2,1-5H3. The Kier molecular flexibility index (Phi) is 6.42. The number of hydrogen-bond acceptors (Lipinski definition) is 4. The highest BCUT2D eigenvalue weighted by Gasteiger charge is 2.38. The molecule has 0 aliphatic heterocycles. The van der Waals surface area contributed by atoms with Gasteiger partial charge in [0, 0.05) is 12.2 Å². The summed E-state index contributed by atoms with van der Waals surface area (Å²) in [6.07, 6.45) is 0. The summed E-state index contributed by atoms with van der Waals surface area (Å²) in [5, 5.41) is 0.150. The molecule has 0 saturated carbocycles. The quantitative estimate of drug-likeness (QED) is 0.454. The van der Waals surface area contributed by atoms with E-state index < -0.39 is 8.32 Å². The van der Waals surface area contributed by atoms with Gasteiger partial charge in [-0.05, 0) is 60.1 Å². The molecule has 2 aromatic rings. The molecule has 140 valence electrons. The van der Waals surface area contributed by atoms with E-state index in [9.17, 15) is 4.39 Å². The lowest BCUT2D eigenvalue weighted by Crippen LogP contribution is -2.43. The lowest BCUT2D eigenvalue weighted by atomic mass is 10.2. The zero-order valence-electron chi connectivity index (χ0n) is 15.8. The Morgan fingerprint density at radius 1 is 0.962 bits per heavy atom. The Hall–Kier alpha value is -1.92. The minimum absolute atomic E-state index is 0.00166. The van der Waals surface area contributed by atoms with Crippen molar-refractivity contribution in [2.45, 2.75) is 45.5 Å². The number of thiocarbonyl (C=S) groups is 1. The van der Waals surface area contributed by atoms with Gasteiger partial charge in [-0.15, -0.1) is 0 Å². The molecule has 0 atom stereocenters. The van der Waals surface area contributed by atoms with Gasteiger partial charge in [-0.1, -0.05) is 32.9 Å². The molecule has 0 bridgehead atoms. The first kappa shape index (κ1) is 20.4. The maximum Gasteiger partial charge on any atom is 0.358 e. The maximum atomic E-state index is 12.9. The molecule has 26 heavy (non-hydrogen) atoms. The number of benzene rings is 2. The lowest BCUT2D eigenvalue weighted by molar-refractivity contribution is 0.237. The van der Waals surface area contributed by atoms with E-state index in [0.29, 0.717) is 12.4 Å². The zero-order valence-corrected chi connectivity index (χ0v) is 17.7. The molecule has 0 radical (unpaired) electrons. The van der Waals surface area contributed by atoms with Gasteiger partial charge in [0.2, 0.25) is 8.32 Å². The number of rotatable bonds is 5. The van der Waals surface area contributed by atoms with Crippen LogP contribution in [0.25, 0.3) is 0 Å². The molecule has 0 fully saturated rings.